The van der Waals surface area contributed by atoms with E-state index < -0.39 is 0 Å². The summed E-state index contributed by atoms with van der Waals surface area (Å²) in [5.74, 6) is 6.85. The highest BCUT2D eigenvalue weighted by Crippen LogP contribution is 2.21. The Morgan fingerprint density at radius 2 is 2.00 bits per heavy atom. The van der Waals surface area contributed by atoms with Gasteiger partial charge in [0.2, 0.25) is 0 Å². The fourth-order valence-corrected chi connectivity index (χ4v) is 1.82. The molecule has 1 aromatic rings. The molecule has 1 aromatic carbocycles. The van der Waals surface area contributed by atoms with E-state index in [9.17, 15) is 0 Å². The van der Waals surface area contributed by atoms with Crippen molar-refractivity contribution in [2.45, 2.75) is 20.4 Å². The summed E-state index contributed by atoms with van der Waals surface area (Å²) < 4.78 is 5.40. The standard InChI is InChI=1S/C15H22N2O/c1-4-17(5-2)12-14-11-13(7-6-10-16)8-9-15(14)18-3/h8-9,11H,4-5,10,12,16H2,1-3H3. The average molecular weight is 246 g/mol. The van der Waals surface area contributed by atoms with Gasteiger partial charge in [0.15, 0.2) is 0 Å². The van der Waals surface area contributed by atoms with Gasteiger partial charge in [-0.2, -0.15) is 0 Å². The summed E-state index contributed by atoms with van der Waals surface area (Å²) in [4.78, 5) is 2.35. The van der Waals surface area contributed by atoms with Crippen LogP contribution in [-0.2, 0) is 6.54 Å². The molecule has 0 saturated carbocycles. The Morgan fingerprint density at radius 1 is 1.28 bits per heavy atom. The second kappa shape index (κ2) is 7.75. The Balaban J connectivity index is 2.98. The molecule has 0 fully saturated rings. The van der Waals surface area contributed by atoms with Gasteiger partial charge in [0.05, 0.1) is 13.7 Å². The lowest BCUT2D eigenvalue weighted by molar-refractivity contribution is 0.289. The Labute approximate surface area is 110 Å². The molecule has 0 heterocycles. The van der Waals surface area contributed by atoms with E-state index in [4.69, 9.17) is 10.5 Å². The van der Waals surface area contributed by atoms with Gasteiger partial charge >= 0.3 is 0 Å². The minimum Gasteiger partial charge on any atom is -0.496 e. The van der Waals surface area contributed by atoms with Crippen molar-refractivity contribution in [2.24, 2.45) is 5.73 Å². The molecule has 0 atom stereocenters. The van der Waals surface area contributed by atoms with E-state index in [1.165, 1.54) is 5.56 Å². The maximum absolute atomic E-state index is 5.40. The number of rotatable bonds is 5. The molecule has 0 unspecified atom stereocenters. The monoisotopic (exact) mass is 246 g/mol. The molecule has 98 valence electrons. The summed E-state index contributed by atoms with van der Waals surface area (Å²) >= 11 is 0. The van der Waals surface area contributed by atoms with E-state index in [0.717, 1.165) is 30.9 Å². The minimum absolute atomic E-state index is 0.386. The van der Waals surface area contributed by atoms with Crippen LogP contribution in [0.2, 0.25) is 0 Å². The van der Waals surface area contributed by atoms with Gasteiger partial charge in [-0.1, -0.05) is 25.7 Å². The molecule has 18 heavy (non-hydrogen) atoms. The molecule has 0 aliphatic carbocycles. The third-order valence-electron chi connectivity index (χ3n) is 2.90. The zero-order valence-electron chi connectivity index (χ0n) is 11.5. The molecule has 0 aliphatic rings. The summed E-state index contributed by atoms with van der Waals surface area (Å²) in [6.45, 7) is 7.64. The number of ether oxygens (including phenoxy) is 1. The maximum atomic E-state index is 5.40. The Hall–Kier alpha value is -1.50. The van der Waals surface area contributed by atoms with E-state index in [0.29, 0.717) is 6.54 Å². The van der Waals surface area contributed by atoms with E-state index in [1.54, 1.807) is 7.11 Å². The molecule has 3 nitrogen and oxygen atoms in total. The van der Waals surface area contributed by atoms with Crippen LogP contribution in [0, 0.1) is 11.8 Å². The largest absolute Gasteiger partial charge is 0.496 e. The number of hydrogen-bond donors (Lipinski definition) is 1. The second-order valence-electron chi connectivity index (χ2n) is 3.99. The molecule has 0 aliphatic heterocycles. The van der Waals surface area contributed by atoms with Crippen LogP contribution in [-0.4, -0.2) is 31.6 Å². The second-order valence-corrected chi connectivity index (χ2v) is 3.99. The molecule has 0 aromatic heterocycles. The summed E-state index contributed by atoms with van der Waals surface area (Å²) in [7, 11) is 1.70. The fourth-order valence-electron chi connectivity index (χ4n) is 1.82. The summed E-state index contributed by atoms with van der Waals surface area (Å²) in [5, 5.41) is 0. The molecule has 0 amide bonds. The predicted molar refractivity (Wildman–Crippen MR) is 75.6 cm³/mol. The van der Waals surface area contributed by atoms with Gasteiger partial charge in [0, 0.05) is 17.7 Å². The van der Waals surface area contributed by atoms with E-state index in [-0.39, 0.29) is 0 Å². The zero-order valence-corrected chi connectivity index (χ0v) is 11.5. The molecule has 0 spiro atoms. The SMILES string of the molecule is CCN(CC)Cc1cc(C#CCN)ccc1OC. The zero-order chi connectivity index (χ0) is 13.4. The fraction of sp³-hybridized carbons (Fsp3) is 0.467. The van der Waals surface area contributed by atoms with Crippen LogP contribution in [0.15, 0.2) is 18.2 Å². The van der Waals surface area contributed by atoms with Crippen molar-refractivity contribution in [1.29, 1.82) is 0 Å². The molecule has 3 heteroatoms. The Kier molecular flexibility index (Phi) is 6.27. The van der Waals surface area contributed by atoms with Crippen molar-refractivity contribution in [1.82, 2.24) is 4.90 Å². The summed E-state index contributed by atoms with van der Waals surface area (Å²) in [6, 6.07) is 6.02. The Bertz CT molecular complexity index is 428. The topological polar surface area (TPSA) is 38.5 Å². The summed E-state index contributed by atoms with van der Waals surface area (Å²) in [6.07, 6.45) is 0. The van der Waals surface area contributed by atoms with Gasteiger partial charge in [0.1, 0.15) is 5.75 Å². The molecular formula is C15H22N2O. The summed E-state index contributed by atoms with van der Waals surface area (Å²) in [5.41, 5.74) is 7.55. The number of nitrogens with two attached hydrogens (primary N) is 1. The maximum Gasteiger partial charge on any atom is 0.123 e. The molecule has 2 N–H and O–H groups in total. The molecule has 0 radical (unpaired) electrons. The van der Waals surface area contributed by atoms with Crippen molar-refractivity contribution in [3.63, 3.8) is 0 Å². The van der Waals surface area contributed by atoms with Crippen LogP contribution in [0.5, 0.6) is 5.75 Å². The number of methoxy groups -OCH3 is 1. The third kappa shape index (κ3) is 4.06. The van der Waals surface area contributed by atoms with Crippen molar-refractivity contribution in [3.05, 3.63) is 29.3 Å². The van der Waals surface area contributed by atoms with E-state index in [2.05, 4.69) is 36.7 Å². The first-order valence-corrected chi connectivity index (χ1v) is 6.33. The average Bonchev–Trinajstić information content (AvgIpc) is 2.42. The number of nitrogens with zero attached hydrogens (tertiary/aromatic N) is 1. The normalized spacial score (nSPS) is 10.1. The number of hydrogen-bond acceptors (Lipinski definition) is 3. The smallest absolute Gasteiger partial charge is 0.123 e. The van der Waals surface area contributed by atoms with Gasteiger partial charge in [-0.05, 0) is 31.3 Å². The quantitative estimate of drug-likeness (QED) is 0.806. The van der Waals surface area contributed by atoms with Gasteiger partial charge in [-0.25, -0.2) is 0 Å². The lowest BCUT2D eigenvalue weighted by Gasteiger charge is -2.19. The van der Waals surface area contributed by atoms with E-state index in [1.807, 2.05) is 12.1 Å². The minimum atomic E-state index is 0.386. The van der Waals surface area contributed by atoms with Crippen molar-refractivity contribution >= 4 is 0 Å². The Morgan fingerprint density at radius 3 is 2.56 bits per heavy atom. The third-order valence-corrected chi connectivity index (χ3v) is 2.90. The van der Waals surface area contributed by atoms with Crippen LogP contribution in [0.1, 0.15) is 25.0 Å². The van der Waals surface area contributed by atoms with Gasteiger partial charge in [-0.15, -0.1) is 0 Å². The molecule has 1 rings (SSSR count). The first-order valence-electron chi connectivity index (χ1n) is 6.33. The lowest BCUT2D eigenvalue weighted by Crippen LogP contribution is -2.22. The van der Waals surface area contributed by atoms with Crippen molar-refractivity contribution in [3.8, 4) is 17.6 Å². The highest BCUT2D eigenvalue weighted by Gasteiger charge is 2.07. The van der Waals surface area contributed by atoms with E-state index >= 15 is 0 Å². The highest BCUT2D eigenvalue weighted by atomic mass is 16.5. The van der Waals surface area contributed by atoms with Crippen molar-refractivity contribution in [2.75, 3.05) is 26.7 Å². The van der Waals surface area contributed by atoms with Crippen molar-refractivity contribution < 1.29 is 4.74 Å². The van der Waals surface area contributed by atoms with Crippen LogP contribution < -0.4 is 10.5 Å². The van der Waals surface area contributed by atoms with Gasteiger partial charge in [-0.3, -0.25) is 4.90 Å². The predicted octanol–water partition coefficient (Wildman–Crippen LogP) is 1.85. The van der Waals surface area contributed by atoms with Crippen LogP contribution >= 0.6 is 0 Å². The number of benzene rings is 1. The first kappa shape index (κ1) is 14.6. The lowest BCUT2D eigenvalue weighted by atomic mass is 10.1. The van der Waals surface area contributed by atoms with Crippen LogP contribution in [0.3, 0.4) is 0 Å². The first-order chi connectivity index (χ1) is 8.74. The van der Waals surface area contributed by atoms with Gasteiger partial charge < -0.3 is 10.5 Å². The molecule has 0 saturated heterocycles. The van der Waals surface area contributed by atoms with Gasteiger partial charge in [0.25, 0.3) is 0 Å². The molecule has 0 bridgehead atoms. The highest BCUT2D eigenvalue weighted by molar-refractivity contribution is 5.44. The van der Waals surface area contributed by atoms with Crippen LogP contribution in [0.4, 0.5) is 0 Å². The molecular weight excluding hydrogens is 224 g/mol. The van der Waals surface area contributed by atoms with Crippen LogP contribution in [0.25, 0.3) is 0 Å².